The lowest BCUT2D eigenvalue weighted by Gasteiger charge is -2.17. The number of aliphatic carboxylic acids is 1. The predicted octanol–water partition coefficient (Wildman–Crippen LogP) is 2.41. The standard InChI is InChI=1S/C17H21N3O3/c1-11(2)9-14(17(22)23)19-16(21)13-5-6-15(12(3)10-13)20-8-4-7-18-20/h4-8,10-11,14H,9H2,1-3H3,(H,19,21)(H,22,23)/t14-/m1/s1. The molecule has 0 aliphatic carbocycles. The number of amides is 1. The number of carbonyl (C=O) groups is 2. The van der Waals surface area contributed by atoms with E-state index < -0.39 is 12.0 Å². The fourth-order valence-electron chi connectivity index (χ4n) is 2.40. The van der Waals surface area contributed by atoms with Crippen molar-refractivity contribution in [3.8, 4) is 5.69 Å². The van der Waals surface area contributed by atoms with E-state index in [-0.39, 0.29) is 11.8 Å². The van der Waals surface area contributed by atoms with Crippen LogP contribution in [0.15, 0.2) is 36.7 Å². The summed E-state index contributed by atoms with van der Waals surface area (Å²) in [5.41, 5.74) is 2.20. The third kappa shape index (κ3) is 4.18. The van der Waals surface area contributed by atoms with Gasteiger partial charge in [0, 0.05) is 18.0 Å². The SMILES string of the molecule is Cc1cc(C(=O)N[C@H](CC(C)C)C(=O)O)ccc1-n1cccn1. The third-order valence-corrected chi connectivity index (χ3v) is 3.52. The minimum absolute atomic E-state index is 0.181. The van der Waals surface area contributed by atoms with Gasteiger partial charge in [-0.05, 0) is 49.1 Å². The van der Waals surface area contributed by atoms with E-state index in [2.05, 4.69) is 10.4 Å². The second-order valence-corrected chi connectivity index (χ2v) is 5.95. The normalized spacial score (nSPS) is 12.2. The maximum absolute atomic E-state index is 12.3. The fraction of sp³-hybridized carbons (Fsp3) is 0.353. The van der Waals surface area contributed by atoms with Gasteiger partial charge in [-0.1, -0.05) is 13.8 Å². The summed E-state index contributed by atoms with van der Waals surface area (Å²) in [5.74, 6) is -1.22. The van der Waals surface area contributed by atoms with E-state index >= 15 is 0 Å². The first kappa shape index (κ1) is 16.7. The molecule has 0 aliphatic heterocycles. The Balaban J connectivity index is 2.16. The van der Waals surface area contributed by atoms with E-state index in [9.17, 15) is 14.7 Å². The highest BCUT2D eigenvalue weighted by atomic mass is 16.4. The van der Waals surface area contributed by atoms with Crippen LogP contribution < -0.4 is 5.32 Å². The van der Waals surface area contributed by atoms with Gasteiger partial charge < -0.3 is 10.4 Å². The van der Waals surface area contributed by atoms with Crippen LogP contribution in [0.5, 0.6) is 0 Å². The van der Waals surface area contributed by atoms with Crippen molar-refractivity contribution >= 4 is 11.9 Å². The van der Waals surface area contributed by atoms with E-state index in [0.29, 0.717) is 12.0 Å². The number of hydrogen-bond donors (Lipinski definition) is 2. The highest BCUT2D eigenvalue weighted by Crippen LogP contribution is 2.15. The van der Waals surface area contributed by atoms with Crippen molar-refractivity contribution in [3.63, 3.8) is 0 Å². The molecule has 23 heavy (non-hydrogen) atoms. The van der Waals surface area contributed by atoms with E-state index in [1.165, 1.54) is 0 Å². The average molecular weight is 315 g/mol. The van der Waals surface area contributed by atoms with Crippen molar-refractivity contribution in [3.05, 3.63) is 47.8 Å². The molecule has 6 nitrogen and oxygen atoms in total. The van der Waals surface area contributed by atoms with E-state index in [0.717, 1.165) is 11.3 Å². The van der Waals surface area contributed by atoms with E-state index in [1.807, 2.05) is 33.0 Å². The smallest absolute Gasteiger partial charge is 0.326 e. The second kappa shape index (κ2) is 7.09. The first-order valence-electron chi connectivity index (χ1n) is 7.53. The molecule has 1 atom stereocenters. The van der Waals surface area contributed by atoms with Gasteiger partial charge in [-0.2, -0.15) is 5.10 Å². The van der Waals surface area contributed by atoms with Gasteiger partial charge in [-0.15, -0.1) is 0 Å². The Bertz CT molecular complexity index is 693. The molecule has 1 aromatic carbocycles. The number of carbonyl (C=O) groups excluding carboxylic acids is 1. The molecule has 2 aromatic rings. The van der Waals surface area contributed by atoms with Gasteiger partial charge in [0.05, 0.1) is 5.69 Å². The molecule has 0 saturated carbocycles. The molecule has 1 amide bonds. The number of aryl methyl sites for hydroxylation is 1. The topological polar surface area (TPSA) is 84.2 Å². The number of aromatic nitrogens is 2. The number of carboxylic acid groups (broad SMARTS) is 1. The molecule has 2 N–H and O–H groups in total. The summed E-state index contributed by atoms with van der Waals surface area (Å²) in [6.45, 7) is 5.73. The number of rotatable bonds is 6. The summed E-state index contributed by atoms with van der Waals surface area (Å²) in [6.07, 6.45) is 3.90. The van der Waals surface area contributed by atoms with Crippen molar-refractivity contribution in [2.75, 3.05) is 0 Å². The maximum atomic E-state index is 12.3. The van der Waals surface area contributed by atoms with Crippen molar-refractivity contribution in [2.45, 2.75) is 33.2 Å². The Morgan fingerprint density at radius 2 is 2.09 bits per heavy atom. The molecule has 2 rings (SSSR count). The van der Waals surface area contributed by atoms with Crippen LogP contribution in [0.2, 0.25) is 0 Å². The van der Waals surface area contributed by atoms with Crippen molar-refractivity contribution < 1.29 is 14.7 Å². The van der Waals surface area contributed by atoms with Crippen LogP contribution in [0.25, 0.3) is 5.69 Å². The molecule has 122 valence electrons. The predicted molar refractivity (Wildman–Crippen MR) is 86.6 cm³/mol. The van der Waals surface area contributed by atoms with Gasteiger partial charge in [0.15, 0.2) is 0 Å². The number of carboxylic acids is 1. The molecule has 1 heterocycles. The zero-order valence-electron chi connectivity index (χ0n) is 13.5. The number of hydrogen-bond acceptors (Lipinski definition) is 3. The molecule has 1 aromatic heterocycles. The third-order valence-electron chi connectivity index (χ3n) is 3.52. The first-order chi connectivity index (χ1) is 10.9. The maximum Gasteiger partial charge on any atom is 0.326 e. The number of nitrogens with one attached hydrogen (secondary N) is 1. The minimum Gasteiger partial charge on any atom is -0.480 e. The summed E-state index contributed by atoms with van der Waals surface area (Å²) >= 11 is 0. The summed E-state index contributed by atoms with van der Waals surface area (Å²) in [4.78, 5) is 23.5. The van der Waals surface area contributed by atoms with E-state index in [4.69, 9.17) is 0 Å². The van der Waals surface area contributed by atoms with Crippen LogP contribution in [-0.4, -0.2) is 32.8 Å². The van der Waals surface area contributed by atoms with Gasteiger partial charge in [-0.25, -0.2) is 9.48 Å². The lowest BCUT2D eigenvalue weighted by Crippen LogP contribution is -2.41. The highest BCUT2D eigenvalue weighted by Gasteiger charge is 2.22. The van der Waals surface area contributed by atoms with Crippen molar-refractivity contribution in [1.29, 1.82) is 0 Å². The van der Waals surface area contributed by atoms with Crippen LogP contribution in [0, 0.1) is 12.8 Å². The summed E-state index contributed by atoms with van der Waals surface area (Å²) < 4.78 is 1.72. The first-order valence-corrected chi connectivity index (χ1v) is 7.53. The van der Waals surface area contributed by atoms with Crippen LogP contribution >= 0.6 is 0 Å². The van der Waals surface area contributed by atoms with Crippen molar-refractivity contribution in [2.24, 2.45) is 5.92 Å². The van der Waals surface area contributed by atoms with Gasteiger partial charge in [0.2, 0.25) is 0 Å². The lowest BCUT2D eigenvalue weighted by atomic mass is 10.0. The molecular formula is C17H21N3O3. The molecule has 0 spiro atoms. The zero-order chi connectivity index (χ0) is 17.0. The quantitative estimate of drug-likeness (QED) is 0.857. The van der Waals surface area contributed by atoms with Crippen molar-refractivity contribution in [1.82, 2.24) is 15.1 Å². The largest absolute Gasteiger partial charge is 0.480 e. The monoisotopic (exact) mass is 315 g/mol. The van der Waals surface area contributed by atoms with Gasteiger partial charge in [0.1, 0.15) is 6.04 Å². The van der Waals surface area contributed by atoms with Gasteiger partial charge >= 0.3 is 5.97 Å². The summed E-state index contributed by atoms with van der Waals surface area (Å²) in [5, 5.41) is 16.0. The Morgan fingerprint density at radius 1 is 1.35 bits per heavy atom. The van der Waals surface area contributed by atoms with Crippen LogP contribution in [-0.2, 0) is 4.79 Å². The molecule has 0 fully saturated rings. The second-order valence-electron chi connectivity index (χ2n) is 5.95. The Morgan fingerprint density at radius 3 is 2.61 bits per heavy atom. The van der Waals surface area contributed by atoms with Gasteiger partial charge in [0.25, 0.3) is 5.91 Å². The fourth-order valence-corrected chi connectivity index (χ4v) is 2.40. The Kier molecular flexibility index (Phi) is 5.16. The average Bonchev–Trinajstić information content (AvgIpc) is 2.99. The van der Waals surface area contributed by atoms with Crippen LogP contribution in [0.4, 0.5) is 0 Å². The van der Waals surface area contributed by atoms with Gasteiger partial charge in [-0.3, -0.25) is 4.79 Å². The highest BCUT2D eigenvalue weighted by molar-refractivity contribution is 5.97. The molecule has 6 heteroatoms. The zero-order valence-corrected chi connectivity index (χ0v) is 13.5. The Hall–Kier alpha value is -2.63. The van der Waals surface area contributed by atoms with Crippen LogP contribution in [0.1, 0.15) is 36.2 Å². The van der Waals surface area contributed by atoms with E-state index in [1.54, 1.807) is 29.1 Å². The molecule has 0 bridgehead atoms. The Labute approximate surface area is 135 Å². The van der Waals surface area contributed by atoms with Crippen LogP contribution in [0.3, 0.4) is 0 Å². The number of nitrogens with zero attached hydrogens (tertiary/aromatic N) is 2. The lowest BCUT2D eigenvalue weighted by molar-refractivity contribution is -0.139. The minimum atomic E-state index is -1.02. The molecule has 0 aliphatic rings. The molecule has 0 radical (unpaired) electrons. The molecule has 0 unspecified atom stereocenters. The number of benzene rings is 1. The molecular weight excluding hydrogens is 294 g/mol. The molecule has 0 saturated heterocycles. The summed E-state index contributed by atoms with van der Waals surface area (Å²) in [6, 6.07) is 6.15. The summed E-state index contributed by atoms with van der Waals surface area (Å²) in [7, 11) is 0.